The SMILES string of the molecule is C[C@@H]1COc2ccccc2CCCCC2(CCN(C(=O)CCN(C)C)CC2)C(=O)N1. The summed E-state index contributed by atoms with van der Waals surface area (Å²) in [5.41, 5.74) is 0.873. The molecule has 2 aliphatic rings. The van der Waals surface area contributed by atoms with E-state index in [4.69, 9.17) is 4.74 Å². The molecule has 0 radical (unpaired) electrons. The third-order valence-corrected chi connectivity index (χ3v) is 6.52. The molecule has 1 aromatic carbocycles. The van der Waals surface area contributed by atoms with E-state index in [2.05, 4.69) is 17.4 Å². The number of fused-ring (bicyclic) bond motifs is 1. The molecule has 0 bridgehead atoms. The lowest BCUT2D eigenvalue weighted by molar-refractivity contribution is -0.141. The molecular formula is C24H37N3O3. The lowest BCUT2D eigenvalue weighted by atomic mass is 9.73. The molecule has 30 heavy (non-hydrogen) atoms. The van der Waals surface area contributed by atoms with Crippen LogP contribution in [0.3, 0.4) is 0 Å². The number of benzene rings is 1. The topological polar surface area (TPSA) is 61.9 Å². The standard InChI is InChI=1S/C24H37N3O3/c1-19-18-30-21-10-5-4-8-20(21)9-6-7-12-24(23(29)25-19)13-16-27(17-14-24)22(28)11-15-26(2)3/h4-5,8,10,19H,6-7,9,11-18H2,1-3H3,(H,25,29)/t19-/m1/s1. The Balaban J connectivity index is 1.65. The molecule has 1 N–H and O–H groups in total. The van der Waals surface area contributed by atoms with E-state index < -0.39 is 0 Å². The van der Waals surface area contributed by atoms with Crippen molar-refractivity contribution in [3.63, 3.8) is 0 Å². The van der Waals surface area contributed by atoms with Gasteiger partial charge in [0, 0.05) is 26.1 Å². The first-order valence-electron chi connectivity index (χ1n) is 11.3. The lowest BCUT2D eigenvalue weighted by Gasteiger charge is -2.41. The molecule has 1 saturated heterocycles. The van der Waals surface area contributed by atoms with Crippen molar-refractivity contribution in [2.45, 2.75) is 57.9 Å². The van der Waals surface area contributed by atoms with Crippen molar-refractivity contribution >= 4 is 11.8 Å². The molecule has 0 saturated carbocycles. The second-order valence-electron chi connectivity index (χ2n) is 9.21. The number of carbonyl (C=O) groups excluding carboxylic acids is 2. The number of ether oxygens (including phenoxy) is 1. The molecule has 1 aromatic rings. The number of piperidine rings is 1. The first-order chi connectivity index (χ1) is 14.4. The van der Waals surface area contributed by atoms with Gasteiger partial charge in [-0.25, -0.2) is 0 Å². The van der Waals surface area contributed by atoms with E-state index >= 15 is 0 Å². The Hall–Kier alpha value is -2.08. The zero-order valence-corrected chi connectivity index (χ0v) is 18.8. The highest BCUT2D eigenvalue weighted by Gasteiger charge is 2.42. The van der Waals surface area contributed by atoms with Gasteiger partial charge < -0.3 is 19.9 Å². The molecule has 2 heterocycles. The number of rotatable bonds is 3. The number of likely N-dealkylation sites (tertiary alicyclic amines) is 1. The summed E-state index contributed by atoms with van der Waals surface area (Å²) in [6, 6.07) is 8.15. The van der Waals surface area contributed by atoms with Crippen molar-refractivity contribution in [2.24, 2.45) is 5.41 Å². The molecule has 0 aromatic heterocycles. The highest BCUT2D eigenvalue weighted by molar-refractivity contribution is 5.83. The Kier molecular flexibility index (Phi) is 7.75. The van der Waals surface area contributed by atoms with Gasteiger partial charge in [0.15, 0.2) is 0 Å². The number of hydrogen-bond acceptors (Lipinski definition) is 4. The second-order valence-corrected chi connectivity index (χ2v) is 9.21. The molecule has 1 atom stereocenters. The molecular weight excluding hydrogens is 378 g/mol. The van der Waals surface area contributed by atoms with Crippen molar-refractivity contribution in [3.05, 3.63) is 29.8 Å². The number of nitrogens with zero attached hydrogens (tertiary/aromatic N) is 2. The van der Waals surface area contributed by atoms with Crippen molar-refractivity contribution in [1.82, 2.24) is 15.1 Å². The van der Waals surface area contributed by atoms with Gasteiger partial charge in [-0.05, 0) is 64.8 Å². The van der Waals surface area contributed by atoms with Crippen molar-refractivity contribution in [2.75, 3.05) is 40.3 Å². The van der Waals surface area contributed by atoms with Crippen LogP contribution in [-0.2, 0) is 16.0 Å². The number of aryl methyl sites for hydroxylation is 1. The minimum Gasteiger partial charge on any atom is -0.491 e. The Morgan fingerprint density at radius 3 is 2.67 bits per heavy atom. The van der Waals surface area contributed by atoms with Crippen molar-refractivity contribution in [3.8, 4) is 5.75 Å². The highest BCUT2D eigenvalue weighted by Crippen LogP contribution is 2.38. The van der Waals surface area contributed by atoms with E-state index in [-0.39, 0.29) is 23.3 Å². The third kappa shape index (κ3) is 5.75. The van der Waals surface area contributed by atoms with Crippen LogP contribution in [0.2, 0.25) is 0 Å². The maximum absolute atomic E-state index is 13.3. The number of hydrogen-bond donors (Lipinski definition) is 1. The Labute approximate surface area is 180 Å². The summed E-state index contributed by atoms with van der Waals surface area (Å²) in [5.74, 6) is 1.26. The molecule has 1 fully saturated rings. The molecule has 3 rings (SSSR count). The number of carbonyl (C=O) groups is 2. The lowest BCUT2D eigenvalue weighted by Crippen LogP contribution is -2.52. The van der Waals surface area contributed by atoms with E-state index in [0.29, 0.717) is 26.1 Å². The fraction of sp³-hybridized carbons (Fsp3) is 0.667. The molecule has 1 spiro atoms. The van der Waals surface area contributed by atoms with Crippen LogP contribution >= 0.6 is 0 Å². The van der Waals surface area contributed by atoms with Gasteiger partial charge in [-0.2, -0.15) is 0 Å². The average Bonchev–Trinajstić information content (AvgIpc) is 2.74. The molecule has 0 aliphatic carbocycles. The van der Waals surface area contributed by atoms with E-state index in [1.54, 1.807) is 0 Å². The van der Waals surface area contributed by atoms with Gasteiger partial charge in [0.05, 0.1) is 11.5 Å². The first kappa shape index (κ1) is 22.6. The second kappa shape index (κ2) is 10.3. The summed E-state index contributed by atoms with van der Waals surface area (Å²) in [4.78, 5) is 29.8. The Bertz CT molecular complexity index is 726. The monoisotopic (exact) mass is 415 g/mol. The maximum Gasteiger partial charge on any atom is 0.226 e. The molecule has 2 aliphatic heterocycles. The summed E-state index contributed by atoms with van der Waals surface area (Å²) in [6.07, 6.45) is 5.93. The van der Waals surface area contributed by atoms with Crippen LogP contribution in [0.4, 0.5) is 0 Å². The van der Waals surface area contributed by atoms with Crippen LogP contribution in [0.25, 0.3) is 0 Å². The predicted molar refractivity (Wildman–Crippen MR) is 119 cm³/mol. The molecule has 2 amide bonds. The van der Waals surface area contributed by atoms with Crippen LogP contribution in [0.1, 0.15) is 51.0 Å². The van der Waals surface area contributed by atoms with Crippen LogP contribution in [0.5, 0.6) is 5.75 Å². The quantitative estimate of drug-likeness (QED) is 0.825. The molecule has 0 unspecified atom stereocenters. The van der Waals surface area contributed by atoms with Gasteiger partial charge in [0.2, 0.25) is 11.8 Å². The molecule has 6 heteroatoms. The summed E-state index contributed by atoms with van der Waals surface area (Å²) in [6.45, 7) is 4.58. The van der Waals surface area contributed by atoms with Crippen LogP contribution in [0.15, 0.2) is 24.3 Å². The minimum absolute atomic E-state index is 0.0541. The van der Waals surface area contributed by atoms with E-state index in [0.717, 1.165) is 50.8 Å². The van der Waals surface area contributed by atoms with Crippen LogP contribution < -0.4 is 10.1 Å². The molecule has 166 valence electrons. The highest BCUT2D eigenvalue weighted by atomic mass is 16.5. The number of para-hydroxylation sites is 1. The van der Waals surface area contributed by atoms with Gasteiger partial charge >= 0.3 is 0 Å². The van der Waals surface area contributed by atoms with Gasteiger partial charge in [-0.15, -0.1) is 0 Å². The average molecular weight is 416 g/mol. The van der Waals surface area contributed by atoms with Crippen LogP contribution in [0, 0.1) is 5.41 Å². The van der Waals surface area contributed by atoms with Crippen molar-refractivity contribution in [1.29, 1.82) is 0 Å². The predicted octanol–water partition coefficient (Wildman–Crippen LogP) is 2.86. The first-order valence-corrected chi connectivity index (χ1v) is 11.3. The summed E-state index contributed by atoms with van der Waals surface area (Å²) in [5, 5.41) is 3.20. The summed E-state index contributed by atoms with van der Waals surface area (Å²) in [7, 11) is 3.97. The Morgan fingerprint density at radius 1 is 1.20 bits per heavy atom. The van der Waals surface area contributed by atoms with E-state index in [1.807, 2.05) is 43.0 Å². The normalized spacial score (nSPS) is 22.5. The van der Waals surface area contributed by atoms with E-state index in [9.17, 15) is 9.59 Å². The number of amides is 2. The molecule has 6 nitrogen and oxygen atoms in total. The van der Waals surface area contributed by atoms with E-state index in [1.165, 1.54) is 5.56 Å². The largest absolute Gasteiger partial charge is 0.491 e. The van der Waals surface area contributed by atoms with Gasteiger partial charge in [0.25, 0.3) is 0 Å². The fourth-order valence-corrected chi connectivity index (χ4v) is 4.52. The van der Waals surface area contributed by atoms with Crippen molar-refractivity contribution < 1.29 is 14.3 Å². The number of nitrogens with one attached hydrogen (secondary N) is 1. The zero-order chi connectivity index (χ0) is 21.6. The summed E-state index contributed by atoms with van der Waals surface area (Å²) < 4.78 is 6.02. The van der Waals surface area contributed by atoms with Gasteiger partial charge in [-0.3, -0.25) is 9.59 Å². The fourth-order valence-electron chi connectivity index (χ4n) is 4.52. The maximum atomic E-state index is 13.3. The Morgan fingerprint density at radius 2 is 1.93 bits per heavy atom. The smallest absolute Gasteiger partial charge is 0.226 e. The van der Waals surface area contributed by atoms with Crippen LogP contribution in [-0.4, -0.2) is 68.0 Å². The third-order valence-electron chi connectivity index (χ3n) is 6.52. The minimum atomic E-state index is -0.370. The summed E-state index contributed by atoms with van der Waals surface area (Å²) >= 11 is 0. The zero-order valence-electron chi connectivity index (χ0n) is 18.8. The van der Waals surface area contributed by atoms with Gasteiger partial charge in [0.1, 0.15) is 12.4 Å². The van der Waals surface area contributed by atoms with Gasteiger partial charge in [-0.1, -0.05) is 24.6 Å².